The van der Waals surface area contributed by atoms with Crippen LogP contribution in [0.1, 0.15) is 52.0 Å². The van der Waals surface area contributed by atoms with E-state index < -0.39 is 17.4 Å². The Balaban J connectivity index is 1.18. The Hall–Kier alpha value is -3.96. The van der Waals surface area contributed by atoms with Crippen LogP contribution in [-0.4, -0.2) is 49.0 Å². The molecule has 1 amide bonds. The van der Waals surface area contributed by atoms with Crippen LogP contribution in [-0.2, 0) is 20.8 Å². The molecule has 0 radical (unpaired) electrons. The minimum Gasteiger partial charge on any atom is -0.455 e. The van der Waals surface area contributed by atoms with E-state index in [1.54, 1.807) is 16.9 Å². The average Bonchev–Trinajstić information content (AvgIpc) is 3.72. The number of H-pyrrole nitrogens is 1. The van der Waals surface area contributed by atoms with Crippen molar-refractivity contribution in [2.75, 3.05) is 11.9 Å². The summed E-state index contributed by atoms with van der Waals surface area (Å²) in [4.78, 5) is 29.9. The Morgan fingerprint density at radius 1 is 1.25 bits per heavy atom. The van der Waals surface area contributed by atoms with Crippen LogP contribution in [0.4, 0.5) is 5.82 Å². The van der Waals surface area contributed by atoms with Gasteiger partial charge in [0.25, 0.3) is 11.5 Å². The normalized spacial score (nSPS) is 19.7. The summed E-state index contributed by atoms with van der Waals surface area (Å²) in [5.74, 6) is 0.762. The van der Waals surface area contributed by atoms with Gasteiger partial charge in [-0.3, -0.25) is 14.3 Å². The predicted octanol–water partition coefficient (Wildman–Crippen LogP) is 4.63. The summed E-state index contributed by atoms with van der Waals surface area (Å²) in [5.41, 5.74) is 0.533. The van der Waals surface area contributed by atoms with Crippen LogP contribution < -0.4 is 15.6 Å². The average molecular weight is 547 g/mol. The summed E-state index contributed by atoms with van der Waals surface area (Å²) in [5, 5.41) is 12.7. The number of carbonyl (C=O) groups excluding carboxylic acids is 1. The van der Waals surface area contributed by atoms with Gasteiger partial charge < -0.3 is 24.5 Å². The Morgan fingerprint density at radius 3 is 2.88 bits per heavy atom. The van der Waals surface area contributed by atoms with E-state index in [1.807, 2.05) is 44.3 Å². The van der Waals surface area contributed by atoms with Gasteiger partial charge in [0.2, 0.25) is 0 Å². The maximum atomic E-state index is 13.5. The maximum Gasteiger partial charge on any atom is 0.271 e. The number of hydrogen-bond donors (Lipinski definition) is 2. The second kappa shape index (κ2) is 10.9. The smallest absolute Gasteiger partial charge is 0.271 e. The zero-order valence-corrected chi connectivity index (χ0v) is 22.7. The molecule has 1 aromatic carbocycles. The van der Waals surface area contributed by atoms with E-state index in [-0.39, 0.29) is 12.0 Å². The first-order valence-electron chi connectivity index (χ1n) is 13.8. The van der Waals surface area contributed by atoms with Crippen molar-refractivity contribution in [3.8, 4) is 11.5 Å². The maximum absolute atomic E-state index is 13.5. The van der Waals surface area contributed by atoms with Gasteiger partial charge in [0.05, 0.1) is 19.3 Å². The monoisotopic (exact) mass is 546 g/mol. The summed E-state index contributed by atoms with van der Waals surface area (Å²) in [6.45, 7) is 4.74. The van der Waals surface area contributed by atoms with E-state index in [0.717, 1.165) is 36.6 Å². The summed E-state index contributed by atoms with van der Waals surface area (Å²) in [6, 6.07) is 9.93. The first-order valence-corrected chi connectivity index (χ1v) is 13.8. The van der Waals surface area contributed by atoms with E-state index >= 15 is 0 Å². The number of fused-ring (bicyclic) bond motifs is 1. The lowest BCUT2D eigenvalue weighted by atomic mass is 9.98. The van der Waals surface area contributed by atoms with Gasteiger partial charge >= 0.3 is 0 Å². The molecule has 2 fully saturated rings. The van der Waals surface area contributed by atoms with Crippen molar-refractivity contribution in [1.29, 1.82) is 0 Å². The number of nitrogens with one attached hydrogen (secondary N) is 2. The molecule has 1 unspecified atom stereocenters. The highest BCUT2D eigenvalue weighted by Gasteiger charge is 2.33. The van der Waals surface area contributed by atoms with Gasteiger partial charge in [0.15, 0.2) is 17.4 Å². The lowest BCUT2D eigenvalue weighted by Crippen LogP contribution is -2.36. The first-order chi connectivity index (χ1) is 19.3. The zero-order valence-electron chi connectivity index (χ0n) is 22.7. The quantitative estimate of drug-likeness (QED) is 0.314. The highest BCUT2D eigenvalue weighted by molar-refractivity contribution is 5.92. The number of rotatable bonds is 9. The van der Waals surface area contributed by atoms with Gasteiger partial charge in [-0.15, -0.1) is 0 Å². The van der Waals surface area contributed by atoms with E-state index in [1.165, 1.54) is 16.9 Å². The number of aromatic amines is 1. The summed E-state index contributed by atoms with van der Waals surface area (Å²) >= 11 is 0. The van der Waals surface area contributed by atoms with Crippen molar-refractivity contribution in [3.05, 3.63) is 65.3 Å². The molecule has 2 atom stereocenters. The van der Waals surface area contributed by atoms with Crippen molar-refractivity contribution in [1.82, 2.24) is 24.5 Å². The standard InChI is InChI=1S/C29H34N6O5/c1-29(2)38-18-21(40-29)17-34-13-11-26(33-34)32-28(37)24(14-19-6-3-4-7-19)35-27(36)15-20(16-31-35)39-25-9-5-8-23-22(25)10-12-30-23/h5,8-13,15-16,19,21,24,30H,3-4,6-7,14,17-18H2,1-2H3,(H,32,33,37)/t21-,24?/m1/s1. The molecule has 1 aliphatic heterocycles. The van der Waals surface area contributed by atoms with Crippen LogP contribution >= 0.6 is 0 Å². The lowest BCUT2D eigenvalue weighted by Gasteiger charge is -2.21. The molecule has 4 heterocycles. The van der Waals surface area contributed by atoms with Crippen LogP contribution in [0.25, 0.3) is 10.9 Å². The van der Waals surface area contributed by atoms with E-state index in [4.69, 9.17) is 14.2 Å². The molecule has 1 aliphatic carbocycles. The molecule has 11 nitrogen and oxygen atoms in total. The first kappa shape index (κ1) is 26.3. The number of nitrogens with zero attached hydrogens (tertiary/aromatic N) is 4. The topological polar surface area (TPSA) is 125 Å². The molecule has 1 saturated heterocycles. The number of anilines is 1. The second-order valence-corrected chi connectivity index (χ2v) is 11.0. The zero-order chi connectivity index (χ0) is 27.7. The van der Waals surface area contributed by atoms with Crippen molar-refractivity contribution in [2.45, 2.75) is 70.4 Å². The fourth-order valence-electron chi connectivity index (χ4n) is 5.64. The van der Waals surface area contributed by atoms with Crippen molar-refractivity contribution < 1.29 is 19.0 Å². The Kier molecular flexibility index (Phi) is 7.16. The third kappa shape index (κ3) is 5.80. The van der Waals surface area contributed by atoms with E-state index in [2.05, 4.69) is 20.5 Å². The van der Waals surface area contributed by atoms with Gasteiger partial charge in [0, 0.05) is 35.4 Å². The van der Waals surface area contributed by atoms with Gasteiger partial charge in [-0.1, -0.05) is 31.7 Å². The largest absolute Gasteiger partial charge is 0.455 e. The van der Waals surface area contributed by atoms with E-state index in [0.29, 0.717) is 42.8 Å². The Bertz CT molecular complexity index is 1550. The van der Waals surface area contributed by atoms with E-state index in [9.17, 15) is 9.59 Å². The molecular weight excluding hydrogens is 512 g/mol. The lowest BCUT2D eigenvalue weighted by molar-refractivity contribution is -0.139. The molecule has 40 heavy (non-hydrogen) atoms. The number of ether oxygens (including phenoxy) is 3. The van der Waals surface area contributed by atoms with Gasteiger partial charge in [-0.05, 0) is 44.4 Å². The molecule has 4 aromatic rings. The summed E-state index contributed by atoms with van der Waals surface area (Å²) in [7, 11) is 0. The molecular formula is C29H34N6O5. The third-order valence-corrected chi connectivity index (χ3v) is 7.56. The van der Waals surface area contributed by atoms with Crippen molar-refractivity contribution >= 4 is 22.6 Å². The van der Waals surface area contributed by atoms with Crippen LogP contribution in [0.5, 0.6) is 11.5 Å². The molecule has 1 saturated carbocycles. The molecule has 2 N–H and O–H groups in total. The fourth-order valence-corrected chi connectivity index (χ4v) is 5.64. The number of benzene rings is 1. The molecule has 11 heteroatoms. The Labute approximate surface area is 231 Å². The third-order valence-electron chi connectivity index (χ3n) is 7.56. The number of hydrogen-bond acceptors (Lipinski definition) is 7. The minimum absolute atomic E-state index is 0.124. The number of amides is 1. The van der Waals surface area contributed by atoms with Crippen LogP contribution in [0.3, 0.4) is 0 Å². The summed E-state index contributed by atoms with van der Waals surface area (Å²) in [6.07, 6.45) is 9.86. The minimum atomic E-state index is -0.768. The van der Waals surface area contributed by atoms with Gasteiger partial charge in [-0.25, -0.2) is 4.68 Å². The summed E-state index contributed by atoms with van der Waals surface area (Å²) < 4.78 is 20.5. The van der Waals surface area contributed by atoms with Gasteiger partial charge in [0.1, 0.15) is 17.9 Å². The predicted molar refractivity (Wildman–Crippen MR) is 148 cm³/mol. The Morgan fingerprint density at radius 2 is 2.10 bits per heavy atom. The molecule has 0 bridgehead atoms. The number of carbonyl (C=O) groups is 1. The second-order valence-electron chi connectivity index (χ2n) is 11.0. The number of aromatic nitrogens is 5. The molecule has 6 rings (SSSR count). The molecule has 210 valence electrons. The SMILES string of the molecule is CC1(C)OC[C@@H](Cn2ccc(NC(=O)C(CC3CCCC3)n3ncc(Oc4cccc5[nH]ccc45)cc3=O)n2)O1. The molecule has 0 spiro atoms. The van der Waals surface area contributed by atoms with Crippen LogP contribution in [0.15, 0.2) is 59.8 Å². The highest BCUT2D eigenvalue weighted by Crippen LogP contribution is 2.33. The molecule has 3 aromatic heterocycles. The van der Waals surface area contributed by atoms with Crippen LogP contribution in [0.2, 0.25) is 0 Å². The molecule has 2 aliphatic rings. The van der Waals surface area contributed by atoms with Crippen molar-refractivity contribution in [2.24, 2.45) is 5.92 Å². The van der Waals surface area contributed by atoms with Crippen molar-refractivity contribution in [3.63, 3.8) is 0 Å². The van der Waals surface area contributed by atoms with Crippen LogP contribution in [0, 0.1) is 5.92 Å². The fraction of sp³-hybridized carbons (Fsp3) is 0.448. The highest BCUT2D eigenvalue weighted by atomic mass is 16.7. The van der Waals surface area contributed by atoms with Gasteiger partial charge in [-0.2, -0.15) is 10.2 Å².